The summed E-state index contributed by atoms with van der Waals surface area (Å²) in [7, 11) is 0. The van der Waals surface area contributed by atoms with Gasteiger partial charge in [-0.3, -0.25) is 4.79 Å². The summed E-state index contributed by atoms with van der Waals surface area (Å²) in [5.74, 6) is 0.0507. The van der Waals surface area contributed by atoms with Gasteiger partial charge in [0.25, 0.3) is 0 Å². The molecule has 0 aliphatic heterocycles. The van der Waals surface area contributed by atoms with Crippen molar-refractivity contribution < 1.29 is 14.3 Å². The van der Waals surface area contributed by atoms with Crippen molar-refractivity contribution in [2.45, 2.75) is 33.3 Å². The van der Waals surface area contributed by atoms with Gasteiger partial charge >= 0.3 is 6.09 Å². The highest BCUT2D eigenvalue weighted by Gasteiger charge is 2.15. The van der Waals surface area contributed by atoms with Crippen LogP contribution in [0.2, 0.25) is 0 Å². The zero-order valence-electron chi connectivity index (χ0n) is 11.6. The number of carbonyl (C=O) groups excluding carboxylic acids is 2. The molecule has 104 valence electrons. The lowest BCUT2D eigenvalue weighted by atomic mass is 10.2. The number of carbonyl (C=O) groups is 2. The van der Waals surface area contributed by atoms with Gasteiger partial charge in [0.05, 0.1) is 4.88 Å². The standard InChI is InChI=1S/C14H19NO3S/c1-10(16)12-11(7-9-19-12)6-5-8-15-13(17)18-14(2,3)4/h5-7,9H,8H2,1-4H3,(H,15,17). The number of hydrogen-bond acceptors (Lipinski definition) is 4. The summed E-state index contributed by atoms with van der Waals surface area (Å²) in [4.78, 5) is 23.4. The van der Waals surface area contributed by atoms with Crippen LogP contribution in [0.25, 0.3) is 6.08 Å². The first kappa shape index (κ1) is 15.4. The lowest BCUT2D eigenvalue weighted by Crippen LogP contribution is -2.32. The maximum absolute atomic E-state index is 11.4. The van der Waals surface area contributed by atoms with Gasteiger partial charge in [0.15, 0.2) is 5.78 Å². The molecule has 1 heterocycles. The van der Waals surface area contributed by atoms with E-state index in [9.17, 15) is 9.59 Å². The van der Waals surface area contributed by atoms with Crippen molar-refractivity contribution in [3.63, 3.8) is 0 Å². The number of amides is 1. The molecule has 0 spiro atoms. The minimum Gasteiger partial charge on any atom is -0.444 e. The largest absolute Gasteiger partial charge is 0.444 e. The molecular weight excluding hydrogens is 262 g/mol. The van der Waals surface area contributed by atoms with Gasteiger partial charge < -0.3 is 10.1 Å². The molecule has 0 bridgehead atoms. The summed E-state index contributed by atoms with van der Waals surface area (Å²) < 4.78 is 5.10. The van der Waals surface area contributed by atoms with E-state index in [4.69, 9.17) is 4.74 Å². The quantitative estimate of drug-likeness (QED) is 0.859. The van der Waals surface area contributed by atoms with Gasteiger partial charge in [-0.2, -0.15) is 0 Å². The predicted octanol–water partition coefficient (Wildman–Crippen LogP) is 3.49. The van der Waals surface area contributed by atoms with E-state index in [1.807, 2.05) is 38.3 Å². The van der Waals surface area contributed by atoms with E-state index in [0.29, 0.717) is 6.54 Å². The van der Waals surface area contributed by atoms with Crippen LogP contribution >= 0.6 is 11.3 Å². The van der Waals surface area contributed by atoms with Crippen molar-refractivity contribution in [2.75, 3.05) is 6.54 Å². The van der Waals surface area contributed by atoms with E-state index in [1.54, 1.807) is 13.0 Å². The molecule has 19 heavy (non-hydrogen) atoms. The van der Waals surface area contributed by atoms with Crippen LogP contribution in [0.4, 0.5) is 4.79 Å². The highest BCUT2D eigenvalue weighted by molar-refractivity contribution is 7.12. The van der Waals surface area contributed by atoms with Gasteiger partial charge in [0, 0.05) is 6.54 Å². The van der Waals surface area contributed by atoms with Gasteiger partial charge in [-0.15, -0.1) is 11.3 Å². The Hall–Kier alpha value is -1.62. The minimum atomic E-state index is -0.497. The van der Waals surface area contributed by atoms with Crippen LogP contribution in [-0.4, -0.2) is 24.0 Å². The van der Waals surface area contributed by atoms with E-state index < -0.39 is 11.7 Å². The van der Waals surface area contributed by atoms with Gasteiger partial charge in [0.2, 0.25) is 0 Å². The lowest BCUT2D eigenvalue weighted by molar-refractivity contribution is 0.0534. The van der Waals surface area contributed by atoms with Gasteiger partial charge in [0.1, 0.15) is 5.60 Å². The fourth-order valence-corrected chi connectivity index (χ4v) is 2.17. The second kappa shape index (κ2) is 6.52. The zero-order valence-corrected chi connectivity index (χ0v) is 12.5. The fraction of sp³-hybridized carbons (Fsp3) is 0.429. The van der Waals surface area contributed by atoms with E-state index in [-0.39, 0.29) is 5.78 Å². The molecule has 0 aliphatic rings. The highest BCUT2D eigenvalue weighted by Crippen LogP contribution is 2.18. The molecule has 1 amide bonds. The third-order valence-electron chi connectivity index (χ3n) is 2.08. The van der Waals surface area contributed by atoms with Crippen molar-refractivity contribution in [3.05, 3.63) is 28.0 Å². The molecule has 1 aromatic heterocycles. The summed E-state index contributed by atoms with van der Waals surface area (Å²) in [6.07, 6.45) is 3.16. The Morgan fingerprint density at radius 1 is 1.42 bits per heavy atom. The Morgan fingerprint density at radius 2 is 2.11 bits per heavy atom. The molecule has 1 aromatic rings. The van der Waals surface area contributed by atoms with E-state index in [1.165, 1.54) is 11.3 Å². The van der Waals surface area contributed by atoms with Crippen molar-refractivity contribution >= 4 is 29.3 Å². The normalized spacial score (nSPS) is 11.6. The van der Waals surface area contributed by atoms with Crippen molar-refractivity contribution in [1.29, 1.82) is 0 Å². The first-order chi connectivity index (χ1) is 8.79. The summed E-state index contributed by atoms with van der Waals surface area (Å²) in [5.41, 5.74) is 0.381. The molecule has 1 rings (SSSR count). The summed E-state index contributed by atoms with van der Waals surface area (Å²) in [6, 6.07) is 1.88. The lowest BCUT2D eigenvalue weighted by Gasteiger charge is -2.19. The Balaban J connectivity index is 2.45. The van der Waals surface area contributed by atoms with Crippen LogP contribution in [0, 0.1) is 0 Å². The molecule has 0 radical (unpaired) electrons. The number of ether oxygens (including phenoxy) is 1. The molecular formula is C14H19NO3S. The van der Waals surface area contributed by atoms with Gasteiger partial charge in [-0.1, -0.05) is 12.2 Å². The third kappa shape index (κ3) is 5.70. The number of Topliss-reactive ketones (excluding diaryl/α,β-unsaturated/α-hetero) is 1. The van der Waals surface area contributed by atoms with Gasteiger partial charge in [-0.25, -0.2) is 4.79 Å². The van der Waals surface area contributed by atoms with Crippen LogP contribution in [0.1, 0.15) is 42.9 Å². The Kier molecular flexibility index (Phi) is 5.30. The summed E-state index contributed by atoms with van der Waals surface area (Å²) >= 11 is 1.42. The molecule has 0 aliphatic carbocycles. The van der Waals surface area contributed by atoms with E-state index >= 15 is 0 Å². The molecule has 4 nitrogen and oxygen atoms in total. The van der Waals surface area contributed by atoms with Crippen LogP contribution in [0.15, 0.2) is 17.5 Å². The summed E-state index contributed by atoms with van der Waals surface area (Å²) in [5, 5.41) is 4.49. The first-order valence-electron chi connectivity index (χ1n) is 6.01. The second-order valence-electron chi connectivity index (χ2n) is 5.05. The van der Waals surface area contributed by atoms with Crippen LogP contribution < -0.4 is 5.32 Å². The number of rotatable bonds is 4. The van der Waals surface area contributed by atoms with Crippen LogP contribution in [0.5, 0.6) is 0 Å². The van der Waals surface area contributed by atoms with Crippen molar-refractivity contribution in [1.82, 2.24) is 5.32 Å². The molecule has 0 atom stereocenters. The molecule has 5 heteroatoms. The second-order valence-corrected chi connectivity index (χ2v) is 5.96. The van der Waals surface area contributed by atoms with E-state index in [0.717, 1.165) is 10.4 Å². The first-order valence-corrected chi connectivity index (χ1v) is 6.89. The molecule has 0 unspecified atom stereocenters. The topological polar surface area (TPSA) is 55.4 Å². The predicted molar refractivity (Wildman–Crippen MR) is 77.6 cm³/mol. The number of hydrogen-bond donors (Lipinski definition) is 1. The SMILES string of the molecule is CC(=O)c1sccc1C=CCNC(=O)OC(C)(C)C. The molecule has 0 saturated heterocycles. The number of thiophene rings is 1. The Labute approximate surface area is 117 Å². The number of ketones is 1. The Morgan fingerprint density at radius 3 is 2.68 bits per heavy atom. The molecule has 0 aromatic carbocycles. The van der Waals surface area contributed by atoms with Gasteiger partial charge in [-0.05, 0) is 44.7 Å². The highest BCUT2D eigenvalue weighted by atomic mass is 32.1. The monoisotopic (exact) mass is 281 g/mol. The zero-order chi connectivity index (χ0) is 14.5. The average molecular weight is 281 g/mol. The Bertz CT molecular complexity index is 483. The maximum Gasteiger partial charge on any atom is 0.407 e. The van der Waals surface area contributed by atoms with Crippen molar-refractivity contribution in [3.8, 4) is 0 Å². The average Bonchev–Trinajstić information content (AvgIpc) is 2.70. The molecule has 0 fully saturated rings. The smallest absolute Gasteiger partial charge is 0.407 e. The van der Waals surface area contributed by atoms with Crippen molar-refractivity contribution in [2.24, 2.45) is 0 Å². The molecule has 0 saturated carbocycles. The molecule has 1 N–H and O–H groups in total. The maximum atomic E-state index is 11.4. The van der Waals surface area contributed by atoms with Crippen LogP contribution in [-0.2, 0) is 4.74 Å². The number of nitrogens with one attached hydrogen (secondary N) is 1. The minimum absolute atomic E-state index is 0.0507. The van der Waals surface area contributed by atoms with Crippen LogP contribution in [0.3, 0.4) is 0 Å². The third-order valence-corrected chi connectivity index (χ3v) is 3.11. The number of alkyl carbamates (subject to hydrolysis) is 1. The fourth-order valence-electron chi connectivity index (χ4n) is 1.38. The summed E-state index contributed by atoms with van der Waals surface area (Å²) in [6.45, 7) is 7.34. The van der Waals surface area contributed by atoms with E-state index in [2.05, 4.69) is 5.32 Å².